The predicted molar refractivity (Wildman–Crippen MR) is 113 cm³/mol. The Labute approximate surface area is 166 Å². The van der Waals surface area contributed by atoms with Gasteiger partial charge in [0.05, 0.1) is 5.56 Å². The number of hydrogen-bond donors (Lipinski definition) is 0. The molecule has 0 fully saturated rings. The number of fused-ring (bicyclic) bond motifs is 1. The summed E-state index contributed by atoms with van der Waals surface area (Å²) in [6, 6.07) is 17.6. The van der Waals surface area contributed by atoms with Crippen LogP contribution in [0.4, 0.5) is 0 Å². The summed E-state index contributed by atoms with van der Waals surface area (Å²) in [6.07, 6.45) is 3.70. The van der Waals surface area contributed by atoms with Crippen molar-refractivity contribution in [1.82, 2.24) is 0 Å². The van der Waals surface area contributed by atoms with Gasteiger partial charge in [-0.05, 0) is 36.1 Å². The van der Waals surface area contributed by atoms with E-state index in [9.17, 15) is 0 Å². The van der Waals surface area contributed by atoms with Crippen molar-refractivity contribution in [2.24, 2.45) is 7.05 Å². The SMILES string of the molecule is Cc1c(-c2occ[n+]2C)cc(C(C)(C)C)cc1-[n+]1c(C)ccc2ccccc21. The average Bonchev–Trinajstić information content (AvgIpc) is 3.07. The van der Waals surface area contributed by atoms with E-state index in [0.717, 1.165) is 11.5 Å². The number of aromatic nitrogens is 2. The highest BCUT2D eigenvalue weighted by Crippen LogP contribution is 2.32. The van der Waals surface area contributed by atoms with E-state index in [0.29, 0.717) is 0 Å². The molecule has 3 heteroatoms. The summed E-state index contributed by atoms with van der Waals surface area (Å²) < 4.78 is 10.3. The maximum absolute atomic E-state index is 5.86. The number of benzene rings is 2. The van der Waals surface area contributed by atoms with E-state index >= 15 is 0 Å². The Balaban J connectivity index is 2.11. The quantitative estimate of drug-likeness (QED) is 0.448. The van der Waals surface area contributed by atoms with Crippen molar-refractivity contribution in [2.45, 2.75) is 40.0 Å². The van der Waals surface area contributed by atoms with E-state index in [1.165, 1.54) is 33.4 Å². The smallest absolute Gasteiger partial charge is 0.380 e. The molecule has 0 unspecified atom stereocenters. The molecule has 28 heavy (non-hydrogen) atoms. The molecule has 0 amide bonds. The lowest BCUT2D eigenvalue weighted by molar-refractivity contribution is -0.662. The molecule has 4 aromatic rings. The molecule has 2 heterocycles. The van der Waals surface area contributed by atoms with Gasteiger partial charge in [0.2, 0.25) is 17.4 Å². The number of aryl methyl sites for hydroxylation is 2. The fourth-order valence-electron chi connectivity index (χ4n) is 3.80. The first-order valence-corrected chi connectivity index (χ1v) is 9.77. The van der Waals surface area contributed by atoms with Gasteiger partial charge in [-0.25, -0.2) is 0 Å². The second kappa shape index (κ2) is 6.59. The molecule has 0 aliphatic rings. The first kappa shape index (κ1) is 18.4. The summed E-state index contributed by atoms with van der Waals surface area (Å²) in [7, 11) is 2.03. The molecule has 0 bridgehead atoms. The molecule has 2 aromatic carbocycles. The van der Waals surface area contributed by atoms with Crippen LogP contribution in [0.1, 0.15) is 37.6 Å². The van der Waals surface area contributed by atoms with Crippen LogP contribution in [-0.4, -0.2) is 0 Å². The topological polar surface area (TPSA) is 20.9 Å². The normalized spacial score (nSPS) is 11.9. The third-order valence-electron chi connectivity index (χ3n) is 5.54. The minimum absolute atomic E-state index is 0.0292. The van der Waals surface area contributed by atoms with Crippen LogP contribution in [0.5, 0.6) is 0 Å². The molecule has 0 spiro atoms. The molecule has 0 aliphatic heterocycles. The fraction of sp³-hybridized carbons (Fsp3) is 0.280. The molecular formula is C25H28N2O+2. The third kappa shape index (κ3) is 3.01. The zero-order chi connectivity index (χ0) is 20.1. The molecule has 2 aromatic heterocycles. The Morgan fingerprint density at radius 3 is 2.36 bits per heavy atom. The number of oxazole rings is 1. The lowest BCUT2D eigenvalue weighted by Crippen LogP contribution is -2.37. The number of para-hydroxylation sites is 1. The van der Waals surface area contributed by atoms with E-state index in [1.807, 2.05) is 17.8 Å². The van der Waals surface area contributed by atoms with Crippen LogP contribution in [0.25, 0.3) is 28.0 Å². The highest BCUT2D eigenvalue weighted by Gasteiger charge is 2.28. The van der Waals surface area contributed by atoms with Gasteiger partial charge in [-0.1, -0.05) is 32.9 Å². The maximum atomic E-state index is 5.86. The second-order valence-electron chi connectivity index (χ2n) is 8.61. The molecule has 0 N–H and O–H groups in total. The van der Waals surface area contributed by atoms with E-state index in [2.05, 4.69) is 87.7 Å². The van der Waals surface area contributed by atoms with Gasteiger partial charge in [-0.3, -0.25) is 0 Å². The molecule has 142 valence electrons. The van der Waals surface area contributed by atoms with Crippen molar-refractivity contribution in [2.75, 3.05) is 0 Å². The van der Waals surface area contributed by atoms with Crippen LogP contribution in [0, 0.1) is 13.8 Å². The van der Waals surface area contributed by atoms with E-state index in [-0.39, 0.29) is 5.41 Å². The minimum atomic E-state index is 0.0292. The number of rotatable bonds is 2. The molecule has 0 radical (unpaired) electrons. The van der Waals surface area contributed by atoms with Crippen molar-refractivity contribution in [3.63, 3.8) is 0 Å². The van der Waals surface area contributed by atoms with Gasteiger partial charge in [-0.2, -0.15) is 9.13 Å². The predicted octanol–water partition coefficient (Wildman–Crippen LogP) is 5.12. The van der Waals surface area contributed by atoms with Crippen molar-refractivity contribution in [3.8, 4) is 17.1 Å². The standard InChI is InChI=1S/C25H28N2O/c1-17-11-12-19-9-7-8-10-22(19)27(17)23-16-20(25(3,4)5)15-21(18(23)2)24-26(6)13-14-28-24/h7-16H,1-6H3/q+2. The first-order valence-electron chi connectivity index (χ1n) is 9.77. The molecular weight excluding hydrogens is 344 g/mol. The summed E-state index contributed by atoms with van der Waals surface area (Å²) >= 11 is 0. The summed E-state index contributed by atoms with van der Waals surface area (Å²) in [5.41, 5.74) is 7.29. The fourth-order valence-corrected chi connectivity index (χ4v) is 3.80. The lowest BCUT2D eigenvalue weighted by atomic mass is 9.84. The van der Waals surface area contributed by atoms with Gasteiger partial charge < -0.3 is 4.42 Å². The van der Waals surface area contributed by atoms with E-state index < -0.39 is 0 Å². The zero-order valence-corrected chi connectivity index (χ0v) is 17.6. The molecule has 0 saturated heterocycles. The van der Waals surface area contributed by atoms with Crippen LogP contribution in [0.2, 0.25) is 0 Å². The third-order valence-corrected chi connectivity index (χ3v) is 5.54. The van der Waals surface area contributed by atoms with Crippen molar-refractivity contribution in [1.29, 1.82) is 0 Å². The number of pyridine rings is 1. The molecule has 4 rings (SSSR count). The maximum Gasteiger partial charge on any atom is 0.380 e. The summed E-state index contributed by atoms with van der Waals surface area (Å²) in [4.78, 5) is 0. The molecule has 0 saturated carbocycles. The van der Waals surface area contributed by atoms with Crippen LogP contribution in [-0.2, 0) is 12.5 Å². The van der Waals surface area contributed by atoms with Gasteiger partial charge in [0, 0.05) is 36.1 Å². The Bertz CT molecular complexity index is 1180. The highest BCUT2D eigenvalue weighted by molar-refractivity contribution is 5.76. The number of hydrogen-bond acceptors (Lipinski definition) is 1. The van der Waals surface area contributed by atoms with E-state index in [1.54, 1.807) is 6.26 Å². The van der Waals surface area contributed by atoms with Crippen LogP contribution in [0.3, 0.4) is 0 Å². The van der Waals surface area contributed by atoms with Gasteiger partial charge in [0.15, 0.2) is 12.0 Å². The molecule has 3 nitrogen and oxygen atoms in total. The van der Waals surface area contributed by atoms with Crippen molar-refractivity contribution in [3.05, 3.63) is 77.8 Å². The van der Waals surface area contributed by atoms with Crippen LogP contribution in [0.15, 0.2) is 65.4 Å². The Kier molecular flexibility index (Phi) is 4.34. The summed E-state index contributed by atoms with van der Waals surface area (Å²) in [5, 5.41) is 1.23. The van der Waals surface area contributed by atoms with Crippen LogP contribution < -0.4 is 9.13 Å². The monoisotopic (exact) mass is 372 g/mol. The van der Waals surface area contributed by atoms with Gasteiger partial charge in [0.1, 0.15) is 7.05 Å². The summed E-state index contributed by atoms with van der Waals surface area (Å²) in [6.45, 7) is 11.1. The minimum Gasteiger partial charge on any atom is -0.406 e. The van der Waals surface area contributed by atoms with Gasteiger partial charge in [-0.15, -0.1) is 0 Å². The number of nitrogens with zero attached hydrogens (tertiary/aromatic N) is 2. The Hall–Kier alpha value is -2.94. The summed E-state index contributed by atoms with van der Waals surface area (Å²) in [5.74, 6) is 0.878. The second-order valence-corrected chi connectivity index (χ2v) is 8.61. The largest absolute Gasteiger partial charge is 0.406 e. The van der Waals surface area contributed by atoms with Gasteiger partial charge in [0.25, 0.3) is 0 Å². The first-order chi connectivity index (χ1) is 13.3. The van der Waals surface area contributed by atoms with E-state index in [4.69, 9.17) is 4.42 Å². The van der Waals surface area contributed by atoms with Crippen molar-refractivity contribution >= 4 is 10.9 Å². The van der Waals surface area contributed by atoms with Gasteiger partial charge >= 0.3 is 5.89 Å². The van der Waals surface area contributed by atoms with Crippen LogP contribution >= 0.6 is 0 Å². The average molecular weight is 373 g/mol. The zero-order valence-electron chi connectivity index (χ0n) is 17.6. The Morgan fingerprint density at radius 1 is 0.929 bits per heavy atom. The lowest BCUT2D eigenvalue weighted by Gasteiger charge is -2.21. The molecule has 0 aliphatic carbocycles. The Morgan fingerprint density at radius 2 is 1.68 bits per heavy atom. The molecule has 0 atom stereocenters. The van der Waals surface area contributed by atoms with Crippen molar-refractivity contribution < 1.29 is 13.6 Å². The highest BCUT2D eigenvalue weighted by atomic mass is 16.3.